The van der Waals surface area contributed by atoms with Gasteiger partial charge in [-0.05, 0) is 67.2 Å². The van der Waals surface area contributed by atoms with Crippen LogP contribution in [0.4, 0.5) is 25.0 Å². The molecule has 1 unspecified atom stereocenters. The molecule has 1 saturated carbocycles. The van der Waals surface area contributed by atoms with Crippen molar-refractivity contribution in [2.24, 2.45) is 11.3 Å². The Kier molecular flexibility index (Phi) is 6.00. The van der Waals surface area contributed by atoms with E-state index in [1.54, 1.807) is 21.9 Å². The Morgan fingerprint density at radius 2 is 1.89 bits per heavy atom. The molecule has 0 radical (unpaired) electrons. The summed E-state index contributed by atoms with van der Waals surface area (Å²) in [6.45, 7) is 2.21. The topological polar surface area (TPSA) is 81.8 Å². The molecular formula is C26H26F2N4O3. The minimum atomic E-state index is -0.589. The minimum Gasteiger partial charge on any atom is -0.339 e. The van der Waals surface area contributed by atoms with Crippen LogP contribution in [0, 0.1) is 23.0 Å². The van der Waals surface area contributed by atoms with Crippen molar-refractivity contribution in [2.75, 3.05) is 36.4 Å². The van der Waals surface area contributed by atoms with Crippen LogP contribution in [0.1, 0.15) is 24.8 Å². The van der Waals surface area contributed by atoms with Crippen molar-refractivity contribution in [2.45, 2.75) is 19.3 Å². The smallest absolute Gasteiger partial charge is 0.321 e. The number of anilines is 2. The molecular weight excluding hydrogens is 454 g/mol. The van der Waals surface area contributed by atoms with Crippen LogP contribution >= 0.6 is 0 Å². The van der Waals surface area contributed by atoms with E-state index in [0.717, 1.165) is 30.3 Å². The Hall–Kier alpha value is -3.75. The first kappa shape index (κ1) is 23.0. The van der Waals surface area contributed by atoms with E-state index in [1.165, 1.54) is 12.2 Å². The van der Waals surface area contributed by atoms with E-state index in [1.807, 2.05) is 12.1 Å². The zero-order valence-corrected chi connectivity index (χ0v) is 19.1. The third-order valence-electron chi connectivity index (χ3n) is 7.22. The third kappa shape index (κ3) is 4.76. The highest BCUT2D eigenvalue weighted by molar-refractivity contribution is 5.98. The van der Waals surface area contributed by atoms with Gasteiger partial charge in [0, 0.05) is 55.1 Å². The van der Waals surface area contributed by atoms with Crippen LogP contribution in [0.25, 0.3) is 6.08 Å². The van der Waals surface area contributed by atoms with Gasteiger partial charge in [0.15, 0.2) is 0 Å². The monoisotopic (exact) mass is 480 g/mol. The number of nitrogens with zero attached hydrogens (tertiary/aromatic N) is 2. The molecule has 2 N–H and O–H groups in total. The number of benzene rings is 2. The number of carbonyl (C=O) groups is 3. The number of halogens is 2. The summed E-state index contributed by atoms with van der Waals surface area (Å²) in [6, 6.07) is 10.2. The number of amides is 4. The number of nitrogens with one attached hydrogen (secondary N) is 2. The third-order valence-corrected chi connectivity index (χ3v) is 7.22. The summed E-state index contributed by atoms with van der Waals surface area (Å²) < 4.78 is 27.1. The molecule has 182 valence electrons. The average molecular weight is 481 g/mol. The Labute approximate surface area is 201 Å². The van der Waals surface area contributed by atoms with Gasteiger partial charge < -0.3 is 15.5 Å². The maximum atomic E-state index is 13.8. The summed E-state index contributed by atoms with van der Waals surface area (Å²) in [5.74, 6) is -1.57. The Morgan fingerprint density at radius 1 is 1.09 bits per heavy atom. The van der Waals surface area contributed by atoms with Gasteiger partial charge in [-0.3, -0.25) is 14.5 Å². The molecule has 2 aromatic carbocycles. The molecule has 3 aliphatic rings. The van der Waals surface area contributed by atoms with E-state index < -0.39 is 11.6 Å². The largest absolute Gasteiger partial charge is 0.339 e. The summed E-state index contributed by atoms with van der Waals surface area (Å²) in [4.78, 5) is 40.7. The van der Waals surface area contributed by atoms with Crippen molar-refractivity contribution in [3.8, 4) is 0 Å². The average Bonchev–Trinajstić information content (AvgIpc) is 3.37. The van der Waals surface area contributed by atoms with Crippen LogP contribution in [0.3, 0.4) is 0 Å². The Bertz CT molecular complexity index is 1210. The highest BCUT2D eigenvalue weighted by Crippen LogP contribution is 2.59. The van der Waals surface area contributed by atoms with Crippen LogP contribution in [0.2, 0.25) is 0 Å². The molecule has 2 aromatic rings. The van der Waals surface area contributed by atoms with Crippen LogP contribution in [-0.2, 0) is 9.59 Å². The van der Waals surface area contributed by atoms with Gasteiger partial charge >= 0.3 is 6.03 Å². The van der Waals surface area contributed by atoms with E-state index in [2.05, 4.69) is 10.6 Å². The van der Waals surface area contributed by atoms with E-state index >= 15 is 0 Å². The number of urea groups is 1. The van der Waals surface area contributed by atoms with Gasteiger partial charge in [0.2, 0.25) is 11.8 Å². The highest BCUT2D eigenvalue weighted by atomic mass is 19.1. The summed E-state index contributed by atoms with van der Waals surface area (Å²) in [5.41, 5.74) is 1.31. The maximum Gasteiger partial charge on any atom is 0.321 e. The van der Waals surface area contributed by atoms with Crippen LogP contribution in [0.15, 0.2) is 48.5 Å². The molecule has 3 fully saturated rings. The molecule has 1 aliphatic carbocycles. The molecule has 1 spiro atoms. The van der Waals surface area contributed by atoms with Crippen molar-refractivity contribution in [1.82, 2.24) is 10.2 Å². The fourth-order valence-electron chi connectivity index (χ4n) is 5.05. The van der Waals surface area contributed by atoms with Crippen LogP contribution in [-0.4, -0.2) is 48.9 Å². The lowest BCUT2D eigenvalue weighted by molar-refractivity contribution is -0.127. The second-order valence-electron chi connectivity index (χ2n) is 9.37. The number of piperidine rings is 1. The minimum absolute atomic E-state index is 0.0280. The predicted molar refractivity (Wildman–Crippen MR) is 128 cm³/mol. The SMILES string of the molecule is O=C(Nc1cccc(N2CCNC2=O)c1)C1CC12CCN(C(=O)/C=C/c1cc(F)ccc1F)CC2. The van der Waals surface area contributed by atoms with Gasteiger partial charge in [-0.2, -0.15) is 0 Å². The molecule has 1 atom stereocenters. The second-order valence-corrected chi connectivity index (χ2v) is 9.37. The molecule has 0 bridgehead atoms. The van der Waals surface area contributed by atoms with Crippen LogP contribution in [0.5, 0.6) is 0 Å². The molecule has 9 heteroatoms. The van der Waals surface area contributed by atoms with Crippen LogP contribution < -0.4 is 15.5 Å². The van der Waals surface area contributed by atoms with E-state index in [-0.39, 0.29) is 34.7 Å². The zero-order valence-electron chi connectivity index (χ0n) is 19.1. The van der Waals surface area contributed by atoms with Gasteiger partial charge in [-0.1, -0.05) is 6.07 Å². The lowest BCUT2D eigenvalue weighted by Crippen LogP contribution is -2.39. The molecule has 5 rings (SSSR count). The summed E-state index contributed by atoms with van der Waals surface area (Å²) in [5, 5.41) is 5.74. The van der Waals surface area contributed by atoms with Gasteiger partial charge in [0.25, 0.3) is 0 Å². The molecule has 0 aromatic heterocycles. The quantitative estimate of drug-likeness (QED) is 0.640. The van der Waals surface area contributed by atoms with Crippen molar-refractivity contribution >= 4 is 35.3 Å². The van der Waals surface area contributed by atoms with Crippen molar-refractivity contribution < 1.29 is 23.2 Å². The standard InChI is InChI=1S/C26H26F2N4O3/c27-18-5-6-22(28)17(14-18)4-7-23(33)31-11-8-26(9-12-31)16-21(26)24(34)30-19-2-1-3-20(15-19)32-13-10-29-25(32)35/h1-7,14-15,21H,8-13,16H2,(H,29,35)(H,30,34)/b7-4+. The molecule has 7 nitrogen and oxygen atoms in total. The molecule has 4 amide bonds. The summed E-state index contributed by atoms with van der Waals surface area (Å²) in [7, 11) is 0. The lowest BCUT2D eigenvalue weighted by atomic mass is 9.90. The maximum absolute atomic E-state index is 13.8. The van der Waals surface area contributed by atoms with E-state index in [0.29, 0.717) is 44.7 Å². The first-order valence-corrected chi connectivity index (χ1v) is 11.7. The number of carbonyl (C=O) groups excluding carboxylic acids is 3. The van der Waals surface area contributed by atoms with Gasteiger partial charge in [0.1, 0.15) is 11.6 Å². The lowest BCUT2D eigenvalue weighted by Gasteiger charge is -2.32. The molecule has 2 saturated heterocycles. The molecule has 35 heavy (non-hydrogen) atoms. The Balaban J connectivity index is 1.14. The molecule has 2 aliphatic heterocycles. The first-order valence-electron chi connectivity index (χ1n) is 11.7. The van der Waals surface area contributed by atoms with Gasteiger partial charge in [-0.15, -0.1) is 0 Å². The number of hydrogen-bond acceptors (Lipinski definition) is 3. The second kappa shape index (κ2) is 9.13. The van der Waals surface area contributed by atoms with Gasteiger partial charge in [-0.25, -0.2) is 13.6 Å². The Morgan fingerprint density at radius 3 is 2.63 bits per heavy atom. The highest BCUT2D eigenvalue weighted by Gasteiger charge is 2.58. The predicted octanol–water partition coefficient (Wildman–Crippen LogP) is 3.78. The van der Waals surface area contributed by atoms with E-state index in [9.17, 15) is 23.2 Å². The van der Waals surface area contributed by atoms with Crippen molar-refractivity contribution in [3.05, 3.63) is 65.7 Å². The molecule has 2 heterocycles. The summed E-state index contributed by atoms with van der Waals surface area (Å²) in [6.07, 6.45) is 4.76. The van der Waals surface area contributed by atoms with Gasteiger partial charge in [0.05, 0.1) is 0 Å². The normalized spacial score (nSPS) is 20.9. The number of hydrogen-bond donors (Lipinski definition) is 2. The fraction of sp³-hybridized carbons (Fsp3) is 0.346. The zero-order chi connectivity index (χ0) is 24.6. The first-order chi connectivity index (χ1) is 16.8. The summed E-state index contributed by atoms with van der Waals surface area (Å²) >= 11 is 0. The fourth-order valence-corrected chi connectivity index (χ4v) is 5.05. The van der Waals surface area contributed by atoms with Crippen molar-refractivity contribution in [3.63, 3.8) is 0 Å². The van der Waals surface area contributed by atoms with E-state index in [4.69, 9.17) is 0 Å². The van der Waals surface area contributed by atoms with Crippen molar-refractivity contribution in [1.29, 1.82) is 0 Å². The number of rotatable bonds is 5. The number of likely N-dealkylation sites (tertiary alicyclic amines) is 1.